The molecule has 0 aliphatic rings. The van der Waals surface area contributed by atoms with Gasteiger partial charge in [0.05, 0.1) is 17.8 Å². The van der Waals surface area contributed by atoms with Gasteiger partial charge in [-0.05, 0) is 52.7 Å². The summed E-state index contributed by atoms with van der Waals surface area (Å²) in [6.07, 6.45) is 0. The molecule has 1 amide bonds. The minimum atomic E-state index is -0.204. The van der Waals surface area contributed by atoms with E-state index in [4.69, 9.17) is 5.26 Å². The number of nitrogens with zero attached hydrogens (tertiary/aromatic N) is 1. The second-order valence-corrected chi connectivity index (χ2v) is 5.40. The van der Waals surface area contributed by atoms with Gasteiger partial charge in [-0.15, -0.1) is 0 Å². The topological polar surface area (TPSA) is 64.9 Å². The summed E-state index contributed by atoms with van der Waals surface area (Å²) in [6.45, 7) is 2.13. The largest absolute Gasteiger partial charge is 0.375 e. The minimum absolute atomic E-state index is 0.126. The van der Waals surface area contributed by atoms with Crippen molar-refractivity contribution in [1.29, 1.82) is 5.26 Å². The predicted molar refractivity (Wildman–Crippen MR) is 87.2 cm³/mol. The van der Waals surface area contributed by atoms with Crippen molar-refractivity contribution in [2.45, 2.75) is 6.92 Å². The van der Waals surface area contributed by atoms with Gasteiger partial charge in [0.2, 0.25) is 5.91 Å². The van der Waals surface area contributed by atoms with Crippen LogP contribution in [-0.4, -0.2) is 12.5 Å². The van der Waals surface area contributed by atoms with Crippen LogP contribution in [0.1, 0.15) is 11.1 Å². The van der Waals surface area contributed by atoms with Gasteiger partial charge in [-0.3, -0.25) is 4.79 Å². The van der Waals surface area contributed by atoms with E-state index >= 15 is 0 Å². The maximum Gasteiger partial charge on any atom is 0.243 e. The Labute approximate surface area is 131 Å². The first-order valence-electron chi connectivity index (χ1n) is 6.39. The summed E-state index contributed by atoms with van der Waals surface area (Å²) in [5.74, 6) is -0.204. The van der Waals surface area contributed by atoms with Crippen LogP contribution in [0.4, 0.5) is 11.4 Å². The number of aryl methyl sites for hydroxylation is 1. The molecule has 4 nitrogen and oxygen atoms in total. The first kappa shape index (κ1) is 15.1. The van der Waals surface area contributed by atoms with Gasteiger partial charge in [0.25, 0.3) is 0 Å². The summed E-state index contributed by atoms with van der Waals surface area (Å²) in [5.41, 5.74) is 2.96. The van der Waals surface area contributed by atoms with Crippen molar-refractivity contribution in [3.63, 3.8) is 0 Å². The zero-order chi connectivity index (χ0) is 15.2. The summed E-state index contributed by atoms with van der Waals surface area (Å²) in [7, 11) is 0. The molecule has 106 valence electrons. The highest BCUT2D eigenvalue weighted by atomic mass is 79.9. The van der Waals surface area contributed by atoms with E-state index in [0.717, 1.165) is 15.7 Å². The van der Waals surface area contributed by atoms with Crippen molar-refractivity contribution in [2.24, 2.45) is 0 Å². The molecule has 2 aromatic carbocycles. The van der Waals surface area contributed by atoms with Crippen molar-refractivity contribution in [1.82, 2.24) is 0 Å². The Morgan fingerprint density at radius 2 is 2.00 bits per heavy atom. The molecule has 0 aliphatic carbocycles. The molecule has 0 atom stereocenters. The molecule has 0 unspecified atom stereocenters. The first-order valence-corrected chi connectivity index (χ1v) is 7.18. The zero-order valence-electron chi connectivity index (χ0n) is 11.5. The molecule has 0 spiro atoms. The van der Waals surface area contributed by atoms with Gasteiger partial charge in [0.1, 0.15) is 6.07 Å². The highest BCUT2D eigenvalue weighted by Gasteiger charge is 2.07. The van der Waals surface area contributed by atoms with Crippen LogP contribution in [-0.2, 0) is 4.79 Å². The van der Waals surface area contributed by atoms with Crippen molar-refractivity contribution in [3.05, 3.63) is 58.1 Å². The number of carbonyl (C=O) groups excluding carboxylic acids is 1. The molecule has 0 aromatic heterocycles. The normalized spacial score (nSPS) is 9.76. The molecule has 0 fully saturated rings. The van der Waals surface area contributed by atoms with Crippen LogP contribution in [0, 0.1) is 18.3 Å². The molecule has 0 radical (unpaired) electrons. The second-order valence-electron chi connectivity index (χ2n) is 4.54. The summed E-state index contributed by atoms with van der Waals surface area (Å²) in [5, 5.41) is 14.8. The van der Waals surface area contributed by atoms with E-state index in [-0.39, 0.29) is 12.5 Å². The van der Waals surface area contributed by atoms with E-state index in [2.05, 4.69) is 26.6 Å². The highest BCUT2D eigenvalue weighted by Crippen LogP contribution is 2.23. The highest BCUT2D eigenvalue weighted by molar-refractivity contribution is 9.10. The molecular weight excluding hydrogens is 330 g/mol. The van der Waals surface area contributed by atoms with Crippen LogP contribution in [0.3, 0.4) is 0 Å². The molecule has 2 rings (SSSR count). The lowest BCUT2D eigenvalue weighted by Gasteiger charge is -2.10. The number of nitrogens with one attached hydrogen (secondary N) is 2. The van der Waals surface area contributed by atoms with E-state index < -0.39 is 0 Å². The SMILES string of the molecule is Cc1ccc(NCC(=O)Nc2ccccc2C#N)c(Br)c1. The fourth-order valence-electron chi connectivity index (χ4n) is 1.82. The fourth-order valence-corrected chi connectivity index (χ4v) is 2.46. The maximum absolute atomic E-state index is 11.9. The molecule has 0 aliphatic heterocycles. The average molecular weight is 344 g/mol. The van der Waals surface area contributed by atoms with Crippen LogP contribution < -0.4 is 10.6 Å². The number of hydrogen-bond donors (Lipinski definition) is 2. The number of amides is 1. The van der Waals surface area contributed by atoms with Gasteiger partial charge in [-0.1, -0.05) is 18.2 Å². The van der Waals surface area contributed by atoms with Gasteiger partial charge >= 0.3 is 0 Å². The Hall–Kier alpha value is -2.32. The average Bonchev–Trinajstić information content (AvgIpc) is 2.47. The summed E-state index contributed by atoms with van der Waals surface area (Å²) in [4.78, 5) is 11.9. The monoisotopic (exact) mass is 343 g/mol. The van der Waals surface area contributed by atoms with Crippen molar-refractivity contribution >= 4 is 33.2 Å². The van der Waals surface area contributed by atoms with E-state index in [0.29, 0.717) is 11.3 Å². The molecule has 0 heterocycles. The molecule has 21 heavy (non-hydrogen) atoms. The Morgan fingerprint density at radius 3 is 2.71 bits per heavy atom. The lowest BCUT2D eigenvalue weighted by atomic mass is 10.2. The number of halogens is 1. The van der Waals surface area contributed by atoms with E-state index in [1.807, 2.05) is 31.2 Å². The van der Waals surface area contributed by atoms with Crippen LogP contribution in [0.15, 0.2) is 46.9 Å². The van der Waals surface area contributed by atoms with Crippen molar-refractivity contribution in [2.75, 3.05) is 17.2 Å². The lowest BCUT2D eigenvalue weighted by molar-refractivity contribution is -0.114. The Kier molecular flexibility index (Phi) is 4.96. The molecule has 0 saturated carbocycles. The third-order valence-corrected chi connectivity index (χ3v) is 3.54. The second kappa shape index (κ2) is 6.91. The predicted octanol–water partition coefficient (Wildman–Crippen LogP) is 3.68. The smallest absolute Gasteiger partial charge is 0.243 e. The van der Waals surface area contributed by atoms with Gasteiger partial charge in [-0.25, -0.2) is 0 Å². The number of nitriles is 1. The molecular formula is C16H14BrN3O. The third kappa shape index (κ3) is 4.07. The van der Waals surface area contributed by atoms with Crippen molar-refractivity contribution < 1.29 is 4.79 Å². The fraction of sp³-hybridized carbons (Fsp3) is 0.125. The number of para-hydroxylation sites is 1. The maximum atomic E-state index is 11.9. The number of hydrogen-bond acceptors (Lipinski definition) is 3. The summed E-state index contributed by atoms with van der Waals surface area (Å²) in [6, 6.07) is 14.8. The number of rotatable bonds is 4. The van der Waals surface area contributed by atoms with Gasteiger partial charge in [-0.2, -0.15) is 5.26 Å². The van der Waals surface area contributed by atoms with E-state index in [1.165, 1.54) is 0 Å². The minimum Gasteiger partial charge on any atom is -0.375 e. The zero-order valence-corrected chi connectivity index (χ0v) is 13.1. The van der Waals surface area contributed by atoms with E-state index in [1.54, 1.807) is 24.3 Å². The molecule has 2 aromatic rings. The molecule has 5 heteroatoms. The summed E-state index contributed by atoms with van der Waals surface area (Å²) < 4.78 is 0.910. The summed E-state index contributed by atoms with van der Waals surface area (Å²) >= 11 is 3.45. The Balaban J connectivity index is 1.98. The first-order chi connectivity index (χ1) is 10.1. The number of anilines is 2. The Bertz CT molecular complexity index is 707. The van der Waals surface area contributed by atoms with Crippen LogP contribution >= 0.6 is 15.9 Å². The van der Waals surface area contributed by atoms with Crippen molar-refractivity contribution in [3.8, 4) is 6.07 Å². The molecule has 0 bridgehead atoms. The van der Waals surface area contributed by atoms with Crippen LogP contribution in [0.25, 0.3) is 0 Å². The van der Waals surface area contributed by atoms with Gasteiger partial charge in [0.15, 0.2) is 0 Å². The Morgan fingerprint density at radius 1 is 1.24 bits per heavy atom. The number of carbonyl (C=O) groups is 1. The van der Waals surface area contributed by atoms with E-state index in [9.17, 15) is 4.79 Å². The van der Waals surface area contributed by atoms with Gasteiger partial charge < -0.3 is 10.6 Å². The quantitative estimate of drug-likeness (QED) is 0.889. The standard InChI is InChI=1S/C16H14BrN3O/c1-11-6-7-15(13(17)8-11)19-10-16(21)20-14-5-3-2-4-12(14)9-18/h2-8,19H,10H2,1H3,(H,20,21). The van der Waals surface area contributed by atoms with Gasteiger partial charge in [0, 0.05) is 10.2 Å². The molecule has 0 saturated heterocycles. The van der Waals surface area contributed by atoms with Crippen LogP contribution in [0.5, 0.6) is 0 Å². The lowest BCUT2D eigenvalue weighted by Crippen LogP contribution is -2.22. The third-order valence-electron chi connectivity index (χ3n) is 2.89. The molecule has 2 N–H and O–H groups in total. The number of benzene rings is 2. The van der Waals surface area contributed by atoms with Crippen LogP contribution in [0.2, 0.25) is 0 Å².